The fraction of sp³-hybridized carbons (Fsp3) is 0.381. The van der Waals surface area contributed by atoms with Crippen LogP contribution in [0.3, 0.4) is 0 Å². The van der Waals surface area contributed by atoms with E-state index in [1.807, 2.05) is 0 Å². The van der Waals surface area contributed by atoms with E-state index in [-0.39, 0.29) is 23.9 Å². The van der Waals surface area contributed by atoms with E-state index in [0.29, 0.717) is 33.4 Å². The van der Waals surface area contributed by atoms with Crippen LogP contribution in [0.1, 0.15) is 69.6 Å². The van der Waals surface area contributed by atoms with E-state index in [2.05, 4.69) is 12.2 Å². The summed E-state index contributed by atoms with van der Waals surface area (Å²) in [7, 11) is 0. The third-order valence-electron chi connectivity index (χ3n) is 4.06. The number of nitrogens with one attached hydrogen (secondary N) is 1. The van der Waals surface area contributed by atoms with E-state index in [1.54, 1.807) is 38.1 Å². The van der Waals surface area contributed by atoms with Crippen molar-refractivity contribution in [3.63, 3.8) is 0 Å². The number of carbonyl (C=O) groups is 3. The Morgan fingerprint density at radius 3 is 2.36 bits per heavy atom. The Hall–Kier alpha value is -2.67. The molecule has 6 nitrogen and oxygen atoms in total. The van der Waals surface area contributed by atoms with Crippen LogP contribution in [0.4, 0.5) is 5.00 Å². The SMILES string of the molecule is CCCCOc1ccc(C(=O)Nc2sc(C(C)=O)c(C)c2C(=O)OCC)cc1. The van der Waals surface area contributed by atoms with Gasteiger partial charge in [-0.15, -0.1) is 11.3 Å². The van der Waals surface area contributed by atoms with Gasteiger partial charge in [0.1, 0.15) is 10.8 Å². The Morgan fingerprint density at radius 2 is 1.79 bits per heavy atom. The van der Waals surface area contributed by atoms with E-state index in [1.165, 1.54) is 6.92 Å². The van der Waals surface area contributed by atoms with Gasteiger partial charge in [0.25, 0.3) is 5.91 Å². The van der Waals surface area contributed by atoms with Crippen LogP contribution < -0.4 is 10.1 Å². The van der Waals surface area contributed by atoms with Gasteiger partial charge in [-0.3, -0.25) is 9.59 Å². The molecule has 1 heterocycles. The lowest BCUT2D eigenvalue weighted by molar-refractivity contribution is 0.0527. The number of anilines is 1. The first kappa shape index (κ1) is 21.6. The van der Waals surface area contributed by atoms with Crippen molar-refractivity contribution in [3.05, 3.63) is 45.8 Å². The highest BCUT2D eigenvalue weighted by molar-refractivity contribution is 7.18. The molecular weight excluding hydrogens is 378 g/mol. The average Bonchev–Trinajstić information content (AvgIpc) is 2.99. The number of esters is 1. The second-order valence-corrected chi connectivity index (χ2v) is 7.24. The number of hydrogen-bond donors (Lipinski definition) is 1. The van der Waals surface area contributed by atoms with Crippen LogP contribution in [-0.4, -0.2) is 30.9 Å². The molecule has 1 aromatic heterocycles. The van der Waals surface area contributed by atoms with Gasteiger partial charge in [0, 0.05) is 5.56 Å². The predicted octanol–water partition coefficient (Wildman–Crippen LogP) is 4.87. The summed E-state index contributed by atoms with van der Waals surface area (Å²) in [5.74, 6) is -0.397. The molecule has 0 bridgehead atoms. The predicted molar refractivity (Wildman–Crippen MR) is 110 cm³/mol. The zero-order chi connectivity index (χ0) is 20.7. The summed E-state index contributed by atoms with van der Waals surface area (Å²) in [5.41, 5.74) is 1.17. The zero-order valence-electron chi connectivity index (χ0n) is 16.6. The van der Waals surface area contributed by atoms with E-state index in [9.17, 15) is 14.4 Å². The van der Waals surface area contributed by atoms with Crippen LogP contribution in [0.2, 0.25) is 0 Å². The number of Topliss-reactive ketones (excluding diaryl/α,β-unsaturated/α-hetero) is 1. The van der Waals surface area contributed by atoms with Gasteiger partial charge >= 0.3 is 5.97 Å². The first-order chi connectivity index (χ1) is 13.4. The summed E-state index contributed by atoms with van der Waals surface area (Å²) >= 11 is 1.08. The topological polar surface area (TPSA) is 81.7 Å². The van der Waals surface area contributed by atoms with Crippen LogP contribution in [0.15, 0.2) is 24.3 Å². The highest BCUT2D eigenvalue weighted by Crippen LogP contribution is 2.34. The van der Waals surface area contributed by atoms with Gasteiger partial charge in [0.2, 0.25) is 0 Å². The monoisotopic (exact) mass is 403 g/mol. The summed E-state index contributed by atoms with van der Waals surface area (Å²) < 4.78 is 10.7. The Labute approximate surface area is 168 Å². The van der Waals surface area contributed by atoms with Crippen molar-refractivity contribution in [1.82, 2.24) is 0 Å². The molecule has 0 aliphatic rings. The summed E-state index contributed by atoms with van der Waals surface area (Å²) in [6.45, 7) is 7.73. The summed E-state index contributed by atoms with van der Waals surface area (Å²) in [6.07, 6.45) is 2.01. The maximum atomic E-state index is 12.6. The molecule has 0 saturated heterocycles. The molecule has 1 N–H and O–H groups in total. The Morgan fingerprint density at radius 1 is 1.11 bits per heavy atom. The van der Waals surface area contributed by atoms with Gasteiger partial charge in [0.15, 0.2) is 5.78 Å². The van der Waals surface area contributed by atoms with Crippen molar-refractivity contribution in [2.75, 3.05) is 18.5 Å². The molecule has 28 heavy (non-hydrogen) atoms. The largest absolute Gasteiger partial charge is 0.494 e. The highest BCUT2D eigenvalue weighted by Gasteiger charge is 2.25. The smallest absolute Gasteiger partial charge is 0.341 e. The second-order valence-electron chi connectivity index (χ2n) is 6.22. The second kappa shape index (κ2) is 10.0. The minimum Gasteiger partial charge on any atom is -0.494 e. The number of rotatable bonds is 9. The van der Waals surface area contributed by atoms with Crippen molar-refractivity contribution < 1.29 is 23.9 Å². The minimum absolute atomic E-state index is 0.165. The minimum atomic E-state index is -0.557. The van der Waals surface area contributed by atoms with Gasteiger partial charge in [-0.25, -0.2) is 4.79 Å². The van der Waals surface area contributed by atoms with E-state index < -0.39 is 5.97 Å². The molecule has 2 aromatic rings. The summed E-state index contributed by atoms with van der Waals surface area (Å²) in [5, 5.41) is 3.05. The van der Waals surface area contributed by atoms with E-state index in [0.717, 1.165) is 24.2 Å². The number of unbranched alkanes of at least 4 members (excludes halogenated alkanes) is 1. The van der Waals surface area contributed by atoms with Crippen molar-refractivity contribution in [2.45, 2.75) is 40.5 Å². The molecule has 2 rings (SSSR count). The molecular formula is C21H25NO5S. The van der Waals surface area contributed by atoms with Gasteiger partial charge < -0.3 is 14.8 Å². The molecule has 0 radical (unpaired) electrons. The van der Waals surface area contributed by atoms with Crippen molar-refractivity contribution in [3.8, 4) is 5.75 Å². The number of thiophene rings is 1. The van der Waals surface area contributed by atoms with E-state index in [4.69, 9.17) is 9.47 Å². The molecule has 0 saturated carbocycles. The van der Waals surface area contributed by atoms with Crippen LogP contribution in [0.5, 0.6) is 5.75 Å². The molecule has 0 atom stereocenters. The Balaban J connectivity index is 2.22. The number of carbonyl (C=O) groups excluding carboxylic acids is 3. The average molecular weight is 404 g/mol. The van der Waals surface area contributed by atoms with E-state index >= 15 is 0 Å². The quantitative estimate of drug-likeness (QED) is 0.367. The molecule has 0 unspecified atom stereocenters. The molecule has 0 fully saturated rings. The molecule has 1 aromatic carbocycles. The molecule has 0 spiro atoms. The highest BCUT2D eigenvalue weighted by atomic mass is 32.1. The van der Waals surface area contributed by atoms with Gasteiger partial charge in [-0.2, -0.15) is 0 Å². The van der Waals surface area contributed by atoms with Crippen molar-refractivity contribution in [1.29, 1.82) is 0 Å². The van der Waals surface area contributed by atoms with Gasteiger partial charge in [-0.1, -0.05) is 13.3 Å². The molecule has 0 aliphatic heterocycles. The third-order valence-corrected chi connectivity index (χ3v) is 5.36. The fourth-order valence-electron chi connectivity index (χ4n) is 2.60. The van der Waals surface area contributed by atoms with Crippen LogP contribution >= 0.6 is 11.3 Å². The standard InChI is InChI=1S/C21H25NO5S/c1-5-7-12-27-16-10-8-15(9-11-16)19(24)22-20-17(21(25)26-6-2)13(3)18(28-20)14(4)23/h8-11H,5-7,12H2,1-4H3,(H,22,24). The van der Waals surface area contributed by atoms with Crippen molar-refractivity contribution >= 4 is 34.0 Å². The van der Waals surface area contributed by atoms with Gasteiger partial charge in [-0.05, 0) is 57.0 Å². The molecule has 0 aliphatic carbocycles. The third kappa shape index (κ3) is 5.19. The molecule has 1 amide bonds. The fourth-order valence-corrected chi connectivity index (χ4v) is 3.68. The lowest BCUT2D eigenvalue weighted by atomic mass is 10.1. The summed E-state index contributed by atoms with van der Waals surface area (Å²) in [6, 6.07) is 6.79. The Bertz CT molecular complexity index is 854. The lowest BCUT2D eigenvalue weighted by Crippen LogP contribution is -2.15. The first-order valence-corrected chi connectivity index (χ1v) is 10.1. The maximum absolute atomic E-state index is 12.6. The lowest BCUT2D eigenvalue weighted by Gasteiger charge is -2.08. The van der Waals surface area contributed by atoms with Crippen LogP contribution in [-0.2, 0) is 4.74 Å². The van der Waals surface area contributed by atoms with Crippen LogP contribution in [0, 0.1) is 6.92 Å². The number of hydrogen-bond acceptors (Lipinski definition) is 6. The first-order valence-electron chi connectivity index (χ1n) is 9.24. The number of benzene rings is 1. The maximum Gasteiger partial charge on any atom is 0.341 e. The Kier molecular flexibility index (Phi) is 7.75. The number of ketones is 1. The number of amides is 1. The van der Waals surface area contributed by atoms with Crippen LogP contribution in [0.25, 0.3) is 0 Å². The molecule has 7 heteroatoms. The zero-order valence-corrected chi connectivity index (χ0v) is 17.4. The normalized spacial score (nSPS) is 10.4. The van der Waals surface area contributed by atoms with Gasteiger partial charge in [0.05, 0.1) is 23.7 Å². The molecule has 150 valence electrons. The summed E-state index contributed by atoms with van der Waals surface area (Å²) in [4.78, 5) is 37.2. The number of ether oxygens (including phenoxy) is 2. The van der Waals surface area contributed by atoms with Crippen molar-refractivity contribution in [2.24, 2.45) is 0 Å².